The molecule has 6 rings (SSSR count). The molecule has 5 aliphatic carbocycles. The number of allylic oxidation sites excluding steroid dienone is 2. The van der Waals surface area contributed by atoms with Gasteiger partial charge in [-0.1, -0.05) is 71.0 Å². The van der Waals surface area contributed by atoms with E-state index in [2.05, 4.69) is 76.8 Å². The van der Waals surface area contributed by atoms with E-state index in [0.29, 0.717) is 22.3 Å². The van der Waals surface area contributed by atoms with Gasteiger partial charge in [-0.15, -0.1) is 0 Å². The van der Waals surface area contributed by atoms with Gasteiger partial charge < -0.3 is 15.3 Å². The third kappa shape index (κ3) is 4.67. The quantitative estimate of drug-likeness (QED) is 0.259. The molecule has 0 bridgehead atoms. The van der Waals surface area contributed by atoms with E-state index in [0.717, 1.165) is 29.2 Å². The van der Waals surface area contributed by atoms with Gasteiger partial charge >= 0.3 is 0 Å². The maximum atomic E-state index is 9.85. The average Bonchev–Trinajstić information content (AvgIpc) is 3.35. The van der Waals surface area contributed by atoms with Crippen molar-refractivity contribution < 1.29 is 5.11 Å². The average molecular weight is 559 g/mol. The van der Waals surface area contributed by atoms with Gasteiger partial charge in [0.25, 0.3) is 0 Å². The summed E-state index contributed by atoms with van der Waals surface area (Å²) >= 11 is 0. The number of rotatable bonds is 7. The molecule has 0 amide bonds. The number of hydrogen-bond acceptors (Lipinski definition) is 3. The van der Waals surface area contributed by atoms with Crippen LogP contribution in [0, 0.1) is 45.8 Å². The van der Waals surface area contributed by atoms with E-state index in [1.807, 2.05) is 12.1 Å². The van der Waals surface area contributed by atoms with Crippen molar-refractivity contribution >= 4 is 11.3 Å². The first-order chi connectivity index (χ1) is 19.4. The van der Waals surface area contributed by atoms with Gasteiger partial charge in [0.1, 0.15) is 5.76 Å². The van der Waals surface area contributed by atoms with Crippen molar-refractivity contribution in [2.45, 2.75) is 104 Å². The third-order valence-electron chi connectivity index (χ3n) is 13.9. The van der Waals surface area contributed by atoms with Crippen molar-refractivity contribution in [1.29, 1.82) is 0 Å². The highest BCUT2D eigenvalue weighted by molar-refractivity contribution is 5.73. The lowest BCUT2D eigenvalue weighted by atomic mass is 9.37. The lowest BCUT2D eigenvalue weighted by Crippen LogP contribution is -2.63. The molecule has 0 aromatic heterocycles. The molecular weight excluding hydrogens is 500 g/mol. The van der Waals surface area contributed by atoms with Crippen LogP contribution >= 0.6 is 0 Å². The lowest BCUT2D eigenvalue weighted by molar-refractivity contribution is -0.172. The molecule has 41 heavy (non-hydrogen) atoms. The Kier molecular flexibility index (Phi) is 7.59. The third-order valence-corrected chi connectivity index (χ3v) is 13.9. The number of nitrogens with one attached hydrogen (secondary N) is 1. The van der Waals surface area contributed by atoms with Gasteiger partial charge in [-0.05, 0) is 148 Å². The normalized spacial score (nSPS) is 41.1. The Morgan fingerprint density at radius 2 is 1.66 bits per heavy atom. The fourth-order valence-corrected chi connectivity index (χ4v) is 12.2. The van der Waals surface area contributed by atoms with Crippen LogP contribution in [0.4, 0.5) is 0 Å². The molecule has 4 saturated carbocycles. The molecule has 2 N–H and O–H groups in total. The Morgan fingerprint density at radius 3 is 2.37 bits per heavy atom. The van der Waals surface area contributed by atoms with Crippen LogP contribution in [-0.4, -0.2) is 42.7 Å². The Labute approximate surface area is 251 Å². The Hall–Kier alpha value is -1.58. The van der Waals surface area contributed by atoms with Gasteiger partial charge in [-0.2, -0.15) is 0 Å². The van der Waals surface area contributed by atoms with E-state index in [1.165, 1.54) is 94.9 Å². The highest BCUT2D eigenvalue weighted by Crippen LogP contribution is 2.72. The molecule has 4 fully saturated rings. The Balaban J connectivity index is 1.23. The fourth-order valence-electron chi connectivity index (χ4n) is 12.2. The zero-order chi connectivity index (χ0) is 29.2. The summed E-state index contributed by atoms with van der Waals surface area (Å²) in [5.74, 6) is 4.43. The van der Waals surface area contributed by atoms with Crippen LogP contribution in [-0.2, 0) is 0 Å². The van der Waals surface area contributed by atoms with Gasteiger partial charge in [0, 0.05) is 11.1 Å². The van der Waals surface area contributed by atoms with Gasteiger partial charge in [0.05, 0.1) is 0 Å². The first-order valence-electron chi connectivity index (χ1n) is 17.0. The molecule has 3 heteroatoms. The Morgan fingerprint density at radius 1 is 0.902 bits per heavy atom. The number of aliphatic hydroxyl groups is 1. The van der Waals surface area contributed by atoms with Crippen LogP contribution in [0.1, 0.15) is 109 Å². The minimum absolute atomic E-state index is 0.145. The molecule has 0 radical (unpaired) electrons. The molecule has 226 valence electrons. The molecule has 0 spiro atoms. The summed E-state index contributed by atoms with van der Waals surface area (Å²) in [6.45, 7) is 16.6. The molecule has 5 aliphatic rings. The highest BCUT2D eigenvalue weighted by atomic mass is 16.3. The topological polar surface area (TPSA) is 35.5 Å². The van der Waals surface area contributed by atoms with Crippen molar-refractivity contribution in [2.24, 2.45) is 45.8 Å². The van der Waals surface area contributed by atoms with Crippen LogP contribution < -0.4 is 5.32 Å². The Bertz CT molecular complexity index is 1170. The summed E-state index contributed by atoms with van der Waals surface area (Å²) in [5, 5.41) is 14.1. The zero-order valence-corrected chi connectivity index (χ0v) is 27.1. The van der Waals surface area contributed by atoms with Crippen LogP contribution in [0.25, 0.3) is 11.3 Å². The van der Waals surface area contributed by atoms with Crippen LogP contribution in [0.2, 0.25) is 0 Å². The number of benzene rings is 1. The van der Waals surface area contributed by atoms with E-state index in [4.69, 9.17) is 0 Å². The highest BCUT2D eigenvalue weighted by Gasteiger charge is 2.65. The number of aliphatic hydroxyl groups excluding tert-OH is 1. The maximum absolute atomic E-state index is 9.85. The van der Waals surface area contributed by atoms with E-state index in [-0.39, 0.29) is 11.2 Å². The van der Waals surface area contributed by atoms with E-state index in [1.54, 1.807) is 0 Å². The first kappa shape index (κ1) is 29.5. The first-order valence-corrected chi connectivity index (χ1v) is 17.0. The molecule has 0 heterocycles. The molecule has 1 aromatic rings. The molecule has 8 unspecified atom stereocenters. The molecular formula is C38H58N2O. The molecule has 0 aliphatic heterocycles. The number of fused-ring (bicyclic) bond motifs is 7. The molecule has 3 nitrogen and oxygen atoms in total. The van der Waals surface area contributed by atoms with Gasteiger partial charge in [0.15, 0.2) is 0 Å². The fraction of sp³-hybridized carbons (Fsp3) is 0.737. The summed E-state index contributed by atoms with van der Waals surface area (Å²) in [6.07, 6.45) is 17.9. The second-order valence-corrected chi connectivity index (χ2v) is 16.3. The minimum Gasteiger partial charge on any atom is -0.508 e. The number of nitrogens with zero attached hydrogens (tertiary/aromatic N) is 1. The van der Waals surface area contributed by atoms with Crippen molar-refractivity contribution in [3.63, 3.8) is 0 Å². The number of hydrogen-bond donors (Lipinski definition) is 2. The standard InChI is InChI=1S/C38H58N2O/c1-26(41)27-11-13-28(14-12-27)30-17-21-37(5)33(35(30,2)3)19-22-36(4)31-18-23-38(39-24-9-25-40(6)7)20-8-10-32(38)29(31)15-16-34(36)37/h11-14,17,29,31-34,39,41H,1,8-10,15-16,18-25H2,2-7H3. The van der Waals surface area contributed by atoms with Gasteiger partial charge in [-0.25, -0.2) is 0 Å². The second-order valence-electron chi connectivity index (χ2n) is 16.3. The summed E-state index contributed by atoms with van der Waals surface area (Å²) in [4.78, 5) is 2.33. The van der Waals surface area contributed by atoms with Crippen molar-refractivity contribution in [3.8, 4) is 0 Å². The monoisotopic (exact) mass is 558 g/mol. The van der Waals surface area contributed by atoms with Crippen molar-refractivity contribution in [1.82, 2.24) is 10.2 Å². The van der Waals surface area contributed by atoms with E-state index in [9.17, 15) is 5.11 Å². The largest absolute Gasteiger partial charge is 0.508 e. The van der Waals surface area contributed by atoms with E-state index < -0.39 is 0 Å². The predicted octanol–water partition coefficient (Wildman–Crippen LogP) is 8.97. The van der Waals surface area contributed by atoms with Crippen LogP contribution in [0.3, 0.4) is 0 Å². The van der Waals surface area contributed by atoms with Crippen LogP contribution in [0.5, 0.6) is 0 Å². The smallest absolute Gasteiger partial charge is 0.115 e. The summed E-state index contributed by atoms with van der Waals surface area (Å²) in [6, 6.07) is 8.47. The van der Waals surface area contributed by atoms with E-state index >= 15 is 0 Å². The maximum Gasteiger partial charge on any atom is 0.115 e. The zero-order valence-electron chi connectivity index (χ0n) is 27.1. The molecule has 1 aromatic carbocycles. The lowest BCUT2D eigenvalue weighted by Gasteiger charge is -2.68. The summed E-state index contributed by atoms with van der Waals surface area (Å²) in [5.41, 5.74) is 5.09. The van der Waals surface area contributed by atoms with Gasteiger partial charge in [0.2, 0.25) is 0 Å². The van der Waals surface area contributed by atoms with Gasteiger partial charge in [-0.3, -0.25) is 0 Å². The van der Waals surface area contributed by atoms with Crippen LogP contribution in [0.15, 0.2) is 36.9 Å². The van der Waals surface area contributed by atoms with Crippen molar-refractivity contribution in [2.75, 3.05) is 27.2 Å². The summed E-state index contributed by atoms with van der Waals surface area (Å²) in [7, 11) is 4.40. The molecule has 8 atom stereocenters. The van der Waals surface area contributed by atoms with Crippen molar-refractivity contribution in [3.05, 3.63) is 48.0 Å². The minimum atomic E-state index is 0.145. The predicted molar refractivity (Wildman–Crippen MR) is 174 cm³/mol. The SMILES string of the molecule is C=C(O)c1ccc(C2=CCC3(C)C(CCC4(C)C5CCC6(NCCCN(C)C)CCCC6C5CCC43)C2(C)C)cc1. The second kappa shape index (κ2) is 10.5. The summed E-state index contributed by atoms with van der Waals surface area (Å²) < 4.78 is 0. The molecule has 0 saturated heterocycles.